The van der Waals surface area contributed by atoms with Crippen LogP contribution in [0, 0.1) is 0 Å². The lowest BCUT2D eigenvalue weighted by Crippen LogP contribution is -2.13. The molecule has 0 bridgehead atoms. The summed E-state index contributed by atoms with van der Waals surface area (Å²) in [6.07, 6.45) is 3.04. The second-order valence-electron chi connectivity index (χ2n) is 5.05. The predicted octanol–water partition coefficient (Wildman–Crippen LogP) is 3.37. The van der Waals surface area contributed by atoms with Crippen molar-refractivity contribution in [1.82, 2.24) is 0 Å². The molecule has 0 unspecified atom stereocenters. The first-order chi connectivity index (χ1) is 8.60. The molecule has 0 aliphatic heterocycles. The van der Waals surface area contributed by atoms with Gasteiger partial charge in [0, 0.05) is 11.6 Å². The first kappa shape index (κ1) is 18.2. The molecule has 0 amide bonds. The van der Waals surface area contributed by atoms with E-state index >= 15 is 0 Å². The molecule has 1 aromatic rings. The van der Waals surface area contributed by atoms with E-state index in [0.717, 1.165) is 37.1 Å². The second-order valence-corrected chi connectivity index (χ2v) is 5.05. The SMILES string of the molecule is COc1ccc(C(C)C)cc1[C@@H](N)CCCCN.Cl. The molecule has 0 saturated carbocycles. The highest BCUT2D eigenvalue weighted by Gasteiger charge is 2.13. The molecule has 0 radical (unpaired) electrons. The normalized spacial score (nSPS) is 12.1. The number of nitrogens with two attached hydrogens (primary N) is 2. The Morgan fingerprint density at radius 2 is 1.89 bits per heavy atom. The van der Waals surface area contributed by atoms with E-state index < -0.39 is 0 Å². The van der Waals surface area contributed by atoms with Crippen LogP contribution in [0.2, 0.25) is 0 Å². The average Bonchev–Trinajstić information content (AvgIpc) is 2.38. The largest absolute Gasteiger partial charge is 0.496 e. The summed E-state index contributed by atoms with van der Waals surface area (Å²) >= 11 is 0. The van der Waals surface area contributed by atoms with Crippen LogP contribution in [0.5, 0.6) is 5.75 Å². The van der Waals surface area contributed by atoms with Crippen molar-refractivity contribution in [2.24, 2.45) is 11.5 Å². The summed E-state index contributed by atoms with van der Waals surface area (Å²) in [5, 5.41) is 0. The van der Waals surface area contributed by atoms with Gasteiger partial charge in [-0.05, 0) is 36.9 Å². The monoisotopic (exact) mass is 286 g/mol. The van der Waals surface area contributed by atoms with E-state index in [-0.39, 0.29) is 18.4 Å². The lowest BCUT2D eigenvalue weighted by Gasteiger charge is -2.18. The molecule has 4 heteroatoms. The molecule has 3 nitrogen and oxygen atoms in total. The Kier molecular flexibility index (Phi) is 8.81. The molecule has 0 aliphatic rings. The highest BCUT2D eigenvalue weighted by molar-refractivity contribution is 5.85. The van der Waals surface area contributed by atoms with Crippen LogP contribution in [0.3, 0.4) is 0 Å². The number of methoxy groups -OCH3 is 1. The van der Waals surface area contributed by atoms with Crippen molar-refractivity contribution >= 4 is 12.4 Å². The molecule has 0 heterocycles. The highest BCUT2D eigenvalue weighted by Crippen LogP contribution is 2.30. The average molecular weight is 287 g/mol. The van der Waals surface area contributed by atoms with E-state index in [1.165, 1.54) is 5.56 Å². The van der Waals surface area contributed by atoms with Crippen LogP contribution >= 0.6 is 12.4 Å². The molecular weight excluding hydrogens is 260 g/mol. The smallest absolute Gasteiger partial charge is 0.123 e. The number of rotatable bonds is 7. The predicted molar refractivity (Wildman–Crippen MR) is 84.2 cm³/mol. The quantitative estimate of drug-likeness (QED) is 0.756. The standard InChI is InChI=1S/C15H26N2O.ClH/c1-11(2)12-7-8-15(18-3)13(10-12)14(17)6-4-5-9-16;/h7-8,10-11,14H,4-6,9,16-17H2,1-3H3;1H/t14-;/m0./s1. The van der Waals surface area contributed by atoms with Gasteiger partial charge in [0.05, 0.1) is 7.11 Å². The zero-order valence-corrected chi connectivity index (χ0v) is 13.0. The molecule has 4 N–H and O–H groups in total. The maximum atomic E-state index is 6.26. The molecule has 1 atom stereocenters. The van der Waals surface area contributed by atoms with E-state index in [1.54, 1.807) is 7.11 Å². The lowest BCUT2D eigenvalue weighted by molar-refractivity contribution is 0.403. The van der Waals surface area contributed by atoms with Crippen molar-refractivity contribution in [3.63, 3.8) is 0 Å². The molecule has 19 heavy (non-hydrogen) atoms. The molecule has 1 rings (SSSR count). The van der Waals surface area contributed by atoms with Gasteiger partial charge >= 0.3 is 0 Å². The molecule has 0 fully saturated rings. The van der Waals surface area contributed by atoms with Gasteiger partial charge in [-0.1, -0.05) is 32.4 Å². The van der Waals surface area contributed by atoms with Gasteiger partial charge in [-0.25, -0.2) is 0 Å². The summed E-state index contributed by atoms with van der Waals surface area (Å²) in [5.41, 5.74) is 14.2. The molecule has 0 aliphatic carbocycles. The summed E-state index contributed by atoms with van der Waals surface area (Å²) in [6.45, 7) is 5.10. The molecule has 0 spiro atoms. The maximum absolute atomic E-state index is 6.26. The zero-order valence-electron chi connectivity index (χ0n) is 12.2. The molecule has 0 saturated heterocycles. The number of ether oxygens (including phenoxy) is 1. The van der Waals surface area contributed by atoms with E-state index in [0.29, 0.717) is 5.92 Å². The Bertz CT molecular complexity index is 369. The van der Waals surface area contributed by atoms with Crippen LogP contribution in [-0.2, 0) is 0 Å². The fourth-order valence-electron chi connectivity index (χ4n) is 2.07. The first-order valence-electron chi connectivity index (χ1n) is 6.73. The molecule has 1 aromatic carbocycles. The molecule has 0 aromatic heterocycles. The third-order valence-electron chi connectivity index (χ3n) is 3.29. The van der Waals surface area contributed by atoms with E-state index in [1.807, 2.05) is 6.07 Å². The van der Waals surface area contributed by atoms with E-state index in [2.05, 4.69) is 26.0 Å². The van der Waals surface area contributed by atoms with Gasteiger partial charge in [0.25, 0.3) is 0 Å². The molecule has 110 valence electrons. The first-order valence-corrected chi connectivity index (χ1v) is 6.73. The van der Waals surface area contributed by atoms with Crippen LogP contribution in [0.25, 0.3) is 0 Å². The van der Waals surface area contributed by atoms with Gasteiger partial charge in [0.15, 0.2) is 0 Å². The summed E-state index contributed by atoms with van der Waals surface area (Å²) < 4.78 is 5.40. The van der Waals surface area contributed by atoms with E-state index in [9.17, 15) is 0 Å². The highest BCUT2D eigenvalue weighted by atomic mass is 35.5. The molecular formula is C15H27ClN2O. The third kappa shape index (κ3) is 5.39. The minimum atomic E-state index is 0. The minimum Gasteiger partial charge on any atom is -0.496 e. The van der Waals surface area contributed by atoms with Gasteiger partial charge < -0.3 is 16.2 Å². The van der Waals surface area contributed by atoms with Crippen LogP contribution in [-0.4, -0.2) is 13.7 Å². The van der Waals surface area contributed by atoms with Gasteiger partial charge in [-0.2, -0.15) is 0 Å². The lowest BCUT2D eigenvalue weighted by atomic mass is 9.95. The van der Waals surface area contributed by atoms with Gasteiger partial charge in [-0.15, -0.1) is 12.4 Å². The van der Waals surface area contributed by atoms with Crippen LogP contribution in [0.4, 0.5) is 0 Å². The van der Waals surface area contributed by atoms with Crippen LogP contribution in [0.1, 0.15) is 56.2 Å². The van der Waals surface area contributed by atoms with E-state index in [4.69, 9.17) is 16.2 Å². The summed E-state index contributed by atoms with van der Waals surface area (Å²) in [4.78, 5) is 0. The van der Waals surface area contributed by atoms with Gasteiger partial charge in [0.1, 0.15) is 5.75 Å². The number of hydrogen-bond donors (Lipinski definition) is 2. The fourth-order valence-corrected chi connectivity index (χ4v) is 2.07. The Hall–Kier alpha value is -0.770. The number of hydrogen-bond acceptors (Lipinski definition) is 3. The Morgan fingerprint density at radius 1 is 1.21 bits per heavy atom. The van der Waals surface area contributed by atoms with Crippen LogP contribution in [0.15, 0.2) is 18.2 Å². The summed E-state index contributed by atoms with van der Waals surface area (Å²) in [5.74, 6) is 1.39. The summed E-state index contributed by atoms with van der Waals surface area (Å²) in [6, 6.07) is 6.34. The van der Waals surface area contributed by atoms with Crippen molar-refractivity contribution in [3.8, 4) is 5.75 Å². The zero-order chi connectivity index (χ0) is 13.5. The Balaban J connectivity index is 0.00000324. The minimum absolute atomic E-state index is 0. The van der Waals surface area contributed by atoms with Gasteiger partial charge in [0.2, 0.25) is 0 Å². The Labute approximate surface area is 123 Å². The van der Waals surface area contributed by atoms with Crippen molar-refractivity contribution in [2.45, 2.75) is 45.1 Å². The van der Waals surface area contributed by atoms with Crippen molar-refractivity contribution < 1.29 is 4.74 Å². The number of benzene rings is 1. The number of unbranched alkanes of at least 4 members (excludes halogenated alkanes) is 1. The third-order valence-corrected chi connectivity index (χ3v) is 3.29. The van der Waals surface area contributed by atoms with Crippen molar-refractivity contribution in [3.05, 3.63) is 29.3 Å². The van der Waals surface area contributed by atoms with Gasteiger partial charge in [-0.3, -0.25) is 0 Å². The van der Waals surface area contributed by atoms with Crippen molar-refractivity contribution in [2.75, 3.05) is 13.7 Å². The number of halogens is 1. The van der Waals surface area contributed by atoms with Crippen LogP contribution < -0.4 is 16.2 Å². The Morgan fingerprint density at radius 3 is 2.42 bits per heavy atom. The second kappa shape index (κ2) is 9.18. The maximum Gasteiger partial charge on any atom is 0.123 e. The fraction of sp³-hybridized carbons (Fsp3) is 0.600. The van der Waals surface area contributed by atoms with Crippen molar-refractivity contribution in [1.29, 1.82) is 0 Å². The summed E-state index contributed by atoms with van der Waals surface area (Å²) in [7, 11) is 1.69. The topological polar surface area (TPSA) is 61.3 Å².